The lowest BCUT2D eigenvalue weighted by Gasteiger charge is -2.11. The number of ether oxygens (including phenoxy) is 1. The highest BCUT2D eigenvalue weighted by molar-refractivity contribution is 7.89. The predicted octanol–water partition coefficient (Wildman–Crippen LogP) is 3.28. The fraction of sp³-hybridized carbons (Fsp3) is 0.333. The van der Waals surface area contributed by atoms with Crippen LogP contribution in [0.3, 0.4) is 0 Å². The molecule has 2 rings (SSSR count). The quantitative estimate of drug-likeness (QED) is 0.826. The van der Waals surface area contributed by atoms with Crippen molar-refractivity contribution < 1.29 is 13.2 Å². The van der Waals surface area contributed by atoms with Crippen molar-refractivity contribution >= 4 is 10.0 Å². The van der Waals surface area contributed by atoms with Crippen LogP contribution < -0.4 is 9.46 Å². The highest BCUT2D eigenvalue weighted by atomic mass is 32.2. The summed E-state index contributed by atoms with van der Waals surface area (Å²) in [4.78, 5) is 0.323. The molecule has 0 bridgehead atoms. The zero-order valence-electron chi connectivity index (χ0n) is 14.0. The van der Waals surface area contributed by atoms with Crippen LogP contribution in [0.1, 0.15) is 22.3 Å². The molecule has 0 spiro atoms. The van der Waals surface area contributed by atoms with Crippen molar-refractivity contribution in [3.63, 3.8) is 0 Å². The van der Waals surface area contributed by atoms with Gasteiger partial charge in [-0.1, -0.05) is 18.2 Å². The average Bonchev–Trinajstić information content (AvgIpc) is 2.45. The Hall–Kier alpha value is -1.85. The van der Waals surface area contributed by atoms with Gasteiger partial charge in [-0.15, -0.1) is 0 Å². The van der Waals surface area contributed by atoms with Gasteiger partial charge in [0.1, 0.15) is 12.4 Å². The van der Waals surface area contributed by atoms with Crippen LogP contribution in [0, 0.1) is 27.7 Å². The number of hydrogen-bond acceptors (Lipinski definition) is 3. The molecule has 0 saturated heterocycles. The third-order valence-electron chi connectivity index (χ3n) is 3.49. The Labute approximate surface area is 138 Å². The molecule has 2 aromatic rings. The molecule has 0 aliphatic heterocycles. The van der Waals surface area contributed by atoms with Crippen LogP contribution >= 0.6 is 0 Å². The van der Waals surface area contributed by atoms with Crippen LogP contribution in [0.25, 0.3) is 0 Å². The van der Waals surface area contributed by atoms with Gasteiger partial charge in [-0.3, -0.25) is 0 Å². The number of sulfonamides is 1. The normalized spacial score (nSPS) is 11.5. The Balaban J connectivity index is 1.96. The maximum absolute atomic E-state index is 12.4. The number of hydrogen-bond donors (Lipinski definition) is 1. The molecule has 124 valence electrons. The van der Waals surface area contributed by atoms with E-state index in [0.29, 0.717) is 4.90 Å². The second-order valence-electron chi connectivity index (χ2n) is 5.84. The molecule has 1 N–H and O–H groups in total. The lowest BCUT2D eigenvalue weighted by molar-refractivity contribution is 0.322. The summed E-state index contributed by atoms with van der Waals surface area (Å²) in [5.41, 5.74) is 3.90. The minimum absolute atomic E-state index is 0.225. The summed E-state index contributed by atoms with van der Waals surface area (Å²) in [7, 11) is -3.51. The maximum atomic E-state index is 12.4. The molecule has 0 amide bonds. The van der Waals surface area contributed by atoms with E-state index in [1.807, 2.05) is 45.0 Å². The molecular weight excluding hydrogens is 310 g/mol. The Morgan fingerprint density at radius 2 is 1.57 bits per heavy atom. The molecule has 0 aliphatic carbocycles. The second kappa shape index (κ2) is 7.15. The minimum atomic E-state index is -3.51. The number of rotatable bonds is 6. The Bertz CT molecular complexity index is 778. The first-order valence-electron chi connectivity index (χ1n) is 7.56. The minimum Gasteiger partial charge on any atom is -0.492 e. The van der Waals surface area contributed by atoms with Crippen LogP contribution in [-0.2, 0) is 10.0 Å². The topological polar surface area (TPSA) is 55.4 Å². The summed E-state index contributed by atoms with van der Waals surface area (Å²) in [6.45, 7) is 8.18. The maximum Gasteiger partial charge on any atom is 0.240 e. The summed E-state index contributed by atoms with van der Waals surface area (Å²) in [6, 6.07) is 11.3. The molecule has 0 heterocycles. The Morgan fingerprint density at radius 3 is 2.22 bits per heavy atom. The molecular formula is C18H23NO3S. The standard InChI is InChI=1S/C18H23NO3S/c1-13-5-6-16(4)18(12-13)23(20,21)19-7-8-22-17-10-14(2)9-15(3)11-17/h5-6,9-12,19H,7-8H2,1-4H3. The zero-order chi connectivity index (χ0) is 17.0. The second-order valence-corrected chi connectivity index (χ2v) is 7.57. The van der Waals surface area contributed by atoms with Gasteiger partial charge < -0.3 is 4.74 Å². The molecule has 0 radical (unpaired) electrons. The van der Waals surface area contributed by atoms with E-state index in [9.17, 15) is 8.42 Å². The Kier molecular flexibility index (Phi) is 5.44. The number of nitrogens with one attached hydrogen (secondary N) is 1. The SMILES string of the molecule is Cc1cc(C)cc(OCCNS(=O)(=O)c2cc(C)ccc2C)c1. The molecule has 5 heteroatoms. The number of aryl methyl sites for hydroxylation is 4. The summed E-state index contributed by atoms with van der Waals surface area (Å²) >= 11 is 0. The lowest BCUT2D eigenvalue weighted by atomic mass is 10.1. The molecule has 0 aromatic heterocycles. The predicted molar refractivity (Wildman–Crippen MR) is 92.5 cm³/mol. The smallest absolute Gasteiger partial charge is 0.240 e. The molecule has 0 fully saturated rings. The highest BCUT2D eigenvalue weighted by Crippen LogP contribution is 2.17. The monoisotopic (exact) mass is 333 g/mol. The van der Waals surface area contributed by atoms with E-state index < -0.39 is 10.0 Å². The number of benzene rings is 2. The third kappa shape index (κ3) is 4.81. The van der Waals surface area contributed by atoms with Gasteiger partial charge in [0, 0.05) is 6.54 Å². The van der Waals surface area contributed by atoms with Gasteiger partial charge in [0.05, 0.1) is 4.90 Å². The van der Waals surface area contributed by atoms with E-state index in [-0.39, 0.29) is 13.2 Å². The summed E-state index contributed by atoms with van der Waals surface area (Å²) < 4.78 is 32.9. The van der Waals surface area contributed by atoms with Crippen LogP contribution in [-0.4, -0.2) is 21.6 Å². The molecule has 0 aliphatic rings. The van der Waals surface area contributed by atoms with Crippen molar-refractivity contribution in [1.82, 2.24) is 4.72 Å². The van der Waals surface area contributed by atoms with Crippen LogP contribution in [0.4, 0.5) is 0 Å². The molecule has 2 aromatic carbocycles. The van der Waals surface area contributed by atoms with Gasteiger partial charge in [-0.25, -0.2) is 13.1 Å². The van der Waals surface area contributed by atoms with E-state index >= 15 is 0 Å². The van der Waals surface area contributed by atoms with Crippen molar-refractivity contribution in [2.24, 2.45) is 0 Å². The molecule has 0 atom stereocenters. The molecule has 23 heavy (non-hydrogen) atoms. The van der Waals surface area contributed by atoms with Crippen LogP contribution in [0.15, 0.2) is 41.3 Å². The van der Waals surface area contributed by atoms with E-state index in [4.69, 9.17) is 4.74 Å². The van der Waals surface area contributed by atoms with E-state index in [0.717, 1.165) is 28.0 Å². The molecule has 0 unspecified atom stereocenters. The van der Waals surface area contributed by atoms with E-state index in [2.05, 4.69) is 10.8 Å². The molecule has 0 saturated carbocycles. The van der Waals surface area contributed by atoms with Crippen molar-refractivity contribution in [3.05, 3.63) is 58.7 Å². The van der Waals surface area contributed by atoms with Gasteiger partial charge in [0.25, 0.3) is 0 Å². The van der Waals surface area contributed by atoms with Crippen LogP contribution in [0.5, 0.6) is 5.75 Å². The van der Waals surface area contributed by atoms with Gasteiger partial charge in [-0.05, 0) is 68.1 Å². The average molecular weight is 333 g/mol. The van der Waals surface area contributed by atoms with Crippen molar-refractivity contribution in [3.8, 4) is 5.75 Å². The summed E-state index contributed by atoms with van der Waals surface area (Å²) in [5, 5.41) is 0. The van der Waals surface area contributed by atoms with Crippen LogP contribution in [0.2, 0.25) is 0 Å². The summed E-state index contributed by atoms with van der Waals surface area (Å²) in [6.07, 6.45) is 0. The first-order valence-corrected chi connectivity index (χ1v) is 9.04. The first kappa shape index (κ1) is 17.5. The zero-order valence-corrected chi connectivity index (χ0v) is 14.8. The largest absolute Gasteiger partial charge is 0.492 e. The fourth-order valence-electron chi connectivity index (χ4n) is 2.44. The van der Waals surface area contributed by atoms with Crippen molar-refractivity contribution in [1.29, 1.82) is 0 Å². The van der Waals surface area contributed by atoms with E-state index in [1.165, 1.54) is 0 Å². The molecule has 4 nitrogen and oxygen atoms in total. The fourth-order valence-corrected chi connectivity index (χ4v) is 3.78. The summed E-state index contributed by atoms with van der Waals surface area (Å²) in [5.74, 6) is 0.758. The van der Waals surface area contributed by atoms with Gasteiger partial charge in [0.2, 0.25) is 10.0 Å². The van der Waals surface area contributed by atoms with Gasteiger partial charge in [0.15, 0.2) is 0 Å². The third-order valence-corrected chi connectivity index (χ3v) is 5.09. The van der Waals surface area contributed by atoms with Crippen molar-refractivity contribution in [2.45, 2.75) is 32.6 Å². The highest BCUT2D eigenvalue weighted by Gasteiger charge is 2.16. The first-order chi connectivity index (χ1) is 10.8. The van der Waals surface area contributed by atoms with Crippen molar-refractivity contribution in [2.75, 3.05) is 13.2 Å². The lowest BCUT2D eigenvalue weighted by Crippen LogP contribution is -2.28. The van der Waals surface area contributed by atoms with Gasteiger partial charge in [-0.2, -0.15) is 0 Å². The Morgan fingerprint density at radius 1 is 0.913 bits per heavy atom. The van der Waals surface area contributed by atoms with E-state index in [1.54, 1.807) is 13.0 Å². The van der Waals surface area contributed by atoms with Gasteiger partial charge >= 0.3 is 0 Å².